The summed E-state index contributed by atoms with van der Waals surface area (Å²) in [5.41, 5.74) is 2.89. The quantitative estimate of drug-likeness (QED) is 0.840. The van der Waals surface area contributed by atoms with Gasteiger partial charge in [0.1, 0.15) is 5.82 Å². The van der Waals surface area contributed by atoms with E-state index in [0.29, 0.717) is 17.3 Å². The fourth-order valence-electron chi connectivity index (χ4n) is 3.91. The van der Waals surface area contributed by atoms with Gasteiger partial charge >= 0.3 is 0 Å². The molecule has 2 fully saturated rings. The van der Waals surface area contributed by atoms with Crippen LogP contribution >= 0.6 is 0 Å². The molecule has 2 unspecified atom stereocenters. The molecule has 116 valence electrons. The van der Waals surface area contributed by atoms with E-state index >= 15 is 0 Å². The lowest BCUT2D eigenvalue weighted by atomic mass is 9.64. The molecule has 0 aromatic heterocycles. The van der Waals surface area contributed by atoms with E-state index in [-0.39, 0.29) is 5.82 Å². The van der Waals surface area contributed by atoms with Crippen molar-refractivity contribution in [2.75, 3.05) is 6.54 Å². The Hall–Kier alpha value is -0.890. The van der Waals surface area contributed by atoms with Gasteiger partial charge in [0, 0.05) is 6.04 Å². The van der Waals surface area contributed by atoms with E-state index in [0.717, 1.165) is 18.2 Å². The van der Waals surface area contributed by atoms with Gasteiger partial charge in [0.15, 0.2) is 0 Å². The molecule has 2 heteroatoms. The average molecular weight is 289 g/mol. The summed E-state index contributed by atoms with van der Waals surface area (Å²) in [5, 5.41) is 3.71. The number of halogens is 1. The van der Waals surface area contributed by atoms with Crippen molar-refractivity contribution >= 4 is 0 Å². The smallest absolute Gasteiger partial charge is 0.123 e. The van der Waals surface area contributed by atoms with Crippen molar-refractivity contribution in [2.45, 2.75) is 64.8 Å². The highest BCUT2D eigenvalue weighted by Crippen LogP contribution is 2.47. The zero-order valence-corrected chi connectivity index (χ0v) is 13.6. The Kier molecular flexibility index (Phi) is 4.09. The van der Waals surface area contributed by atoms with Gasteiger partial charge < -0.3 is 5.32 Å². The van der Waals surface area contributed by atoms with Crippen LogP contribution in [0.25, 0.3) is 0 Å². The molecule has 2 aliphatic rings. The average Bonchev–Trinajstić information content (AvgIpc) is 3.21. The van der Waals surface area contributed by atoms with Gasteiger partial charge in [-0.3, -0.25) is 0 Å². The summed E-state index contributed by atoms with van der Waals surface area (Å²) in [6, 6.07) is 6.13. The summed E-state index contributed by atoms with van der Waals surface area (Å²) >= 11 is 0. The molecule has 1 aromatic carbocycles. The first-order valence-corrected chi connectivity index (χ1v) is 8.44. The van der Waals surface area contributed by atoms with Gasteiger partial charge in [0.05, 0.1) is 0 Å². The lowest BCUT2D eigenvalue weighted by molar-refractivity contribution is 0.159. The summed E-state index contributed by atoms with van der Waals surface area (Å²) in [6.07, 6.45) is 6.50. The van der Waals surface area contributed by atoms with E-state index in [2.05, 4.69) is 26.1 Å². The second kappa shape index (κ2) is 5.72. The lowest BCUT2D eigenvalue weighted by Crippen LogP contribution is -2.35. The molecular weight excluding hydrogens is 261 g/mol. The number of aryl methyl sites for hydroxylation is 1. The zero-order valence-electron chi connectivity index (χ0n) is 13.6. The Balaban J connectivity index is 1.80. The van der Waals surface area contributed by atoms with Gasteiger partial charge in [-0.25, -0.2) is 4.39 Å². The van der Waals surface area contributed by atoms with Crippen molar-refractivity contribution in [1.29, 1.82) is 0 Å². The number of benzene rings is 1. The minimum absolute atomic E-state index is 0.112. The van der Waals surface area contributed by atoms with Crippen molar-refractivity contribution in [3.05, 3.63) is 35.1 Å². The maximum absolute atomic E-state index is 13.4. The normalized spacial score (nSPS) is 28.6. The van der Waals surface area contributed by atoms with E-state index in [1.165, 1.54) is 37.7 Å². The number of rotatable bonds is 4. The second-order valence-corrected chi connectivity index (χ2v) is 7.96. The number of hydrogen-bond donors (Lipinski definition) is 1. The highest BCUT2D eigenvalue weighted by Gasteiger charge is 2.36. The molecule has 0 radical (unpaired) electrons. The molecule has 2 atom stereocenters. The predicted molar refractivity (Wildman–Crippen MR) is 86.0 cm³/mol. The van der Waals surface area contributed by atoms with Crippen LogP contribution in [-0.4, -0.2) is 12.6 Å². The zero-order chi connectivity index (χ0) is 15.0. The SMILES string of the molecule is Cc1cc(F)ccc1C1CC(C)(C)CCC1CNC1CC1. The molecule has 0 aliphatic heterocycles. The Morgan fingerprint density at radius 3 is 2.67 bits per heavy atom. The maximum atomic E-state index is 13.4. The molecule has 0 heterocycles. The van der Waals surface area contributed by atoms with Crippen LogP contribution in [0, 0.1) is 24.1 Å². The Labute approximate surface area is 128 Å². The predicted octanol–water partition coefficient (Wildman–Crippen LogP) is 4.80. The second-order valence-electron chi connectivity index (χ2n) is 7.96. The summed E-state index contributed by atoms with van der Waals surface area (Å²) < 4.78 is 13.4. The van der Waals surface area contributed by atoms with Gasteiger partial charge in [0.2, 0.25) is 0 Å². The van der Waals surface area contributed by atoms with Crippen LogP contribution in [0.1, 0.15) is 63.0 Å². The molecule has 1 N–H and O–H groups in total. The highest BCUT2D eigenvalue weighted by molar-refractivity contribution is 5.31. The third-order valence-corrected chi connectivity index (χ3v) is 5.41. The fraction of sp³-hybridized carbons (Fsp3) is 0.684. The van der Waals surface area contributed by atoms with E-state index in [9.17, 15) is 4.39 Å². The third kappa shape index (κ3) is 3.66. The number of hydrogen-bond acceptors (Lipinski definition) is 1. The minimum Gasteiger partial charge on any atom is -0.314 e. The first-order valence-electron chi connectivity index (χ1n) is 8.44. The van der Waals surface area contributed by atoms with Gasteiger partial charge in [-0.2, -0.15) is 0 Å². The van der Waals surface area contributed by atoms with Crippen LogP contribution in [0.2, 0.25) is 0 Å². The maximum Gasteiger partial charge on any atom is 0.123 e. The van der Waals surface area contributed by atoms with Crippen LogP contribution in [0.3, 0.4) is 0 Å². The van der Waals surface area contributed by atoms with Crippen LogP contribution in [-0.2, 0) is 0 Å². The first-order chi connectivity index (χ1) is 9.94. The van der Waals surface area contributed by atoms with Gasteiger partial charge in [0.25, 0.3) is 0 Å². The molecule has 0 spiro atoms. The van der Waals surface area contributed by atoms with Crippen LogP contribution in [0.5, 0.6) is 0 Å². The number of nitrogens with one attached hydrogen (secondary N) is 1. The monoisotopic (exact) mass is 289 g/mol. The Morgan fingerprint density at radius 1 is 1.24 bits per heavy atom. The van der Waals surface area contributed by atoms with Crippen molar-refractivity contribution < 1.29 is 4.39 Å². The van der Waals surface area contributed by atoms with Crippen LogP contribution in [0.4, 0.5) is 4.39 Å². The standard InChI is InChI=1S/C19H28FN/c1-13-10-15(20)4-7-17(13)18-11-19(2,3)9-8-14(18)12-21-16-5-6-16/h4,7,10,14,16,18,21H,5-6,8-9,11-12H2,1-3H3. The Bertz CT molecular complexity index is 502. The van der Waals surface area contributed by atoms with Crippen molar-refractivity contribution in [1.82, 2.24) is 5.32 Å². The molecule has 0 saturated heterocycles. The van der Waals surface area contributed by atoms with Gasteiger partial charge in [-0.05, 0) is 86.1 Å². The van der Waals surface area contributed by atoms with Crippen molar-refractivity contribution in [3.63, 3.8) is 0 Å². The molecule has 2 saturated carbocycles. The summed E-state index contributed by atoms with van der Waals surface area (Å²) in [7, 11) is 0. The highest BCUT2D eigenvalue weighted by atomic mass is 19.1. The molecule has 0 amide bonds. The summed E-state index contributed by atoms with van der Waals surface area (Å²) in [4.78, 5) is 0. The van der Waals surface area contributed by atoms with Crippen molar-refractivity contribution in [2.24, 2.45) is 11.3 Å². The van der Waals surface area contributed by atoms with Gasteiger partial charge in [-0.1, -0.05) is 19.9 Å². The Morgan fingerprint density at radius 2 is 2.00 bits per heavy atom. The van der Waals surface area contributed by atoms with E-state index in [1.54, 1.807) is 12.1 Å². The minimum atomic E-state index is -0.112. The van der Waals surface area contributed by atoms with E-state index in [1.807, 2.05) is 6.07 Å². The summed E-state index contributed by atoms with van der Waals surface area (Å²) in [6.45, 7) is 7.94. The molecule has 1 aromatic rings. The molecule has 21 heavy (non-hydrogen) atoms. The van der Waals surface area contributed by atoms with Crippen LogP contribution < -0.4 is 5.32 Å². The van der Waals surface area contributed by atoms with E-state index in [4.69, 9.17) is 0 Å². The topological polar surface area (TPSA) is 12.0 Å². The molecule has 3 rings (SSSR count). The third-order valence-electron chi connectivity index (χ3n) is 5.41. The largest absolute Gasteiger partial charge is 0.314 e. The molecule has 1 nitrogen and oxygen atoms in total. The fourth-order valence-corrected chi connectivity index (χ4v) is 3.91. The first kappa shape index (κ1) is 15.0. The van der Waals surface area contributed by atoms with E-state index < -0.39 is 0 Å². The molecule has 0 bridgehead atoms. The van der Waals surface area contributed by atoms with Crippen molar-refractivity contribution in [3.8, 4) is 0 Å². The molecular formula is C19H28FN. The molecule has 2 aliphatic carbocycles. The van der Waals surface area contributed by atoms with Crippen LogP contribution in [0.15, 0.2) is 18.2 Å². The van der Waals surface area contributed by atoms with Gasteiger partial charge in [-0.15, -0.1) is 0 Å². The summed E-state index contributed by atoms with van der Waals surface area (Å²) in [5.74, 6) is 1.15. The lowest BCUT2D eigenvalue weighted by Gasteiger charge is -2.42.